The van der Waals surface area contributed by atoms with E-state index >= 15 is 0 Å². The number of rotatable bonds is 7. The highest BCUT2D eigenvalue weighted by Gasteiger charge is 2.02. The molecule has 0 bridgehead atoms. The number of furan rings is 1. The molecule has 0 saturated carbocycles. The lowest BCUT2D eigenvalue weighted by atomic mass is 10.1. The van der Waals surface area contributed by atoms with Crippen LogP contribution in [-0.2, 0) is 16.0 Å². The molecule has 140 valence electrons. The van der Waals surface area contributed by atoms with Crippen molar-refractivity contribution >= 4 is 24.2 Å². The standard InChI is InChI=1S/C22H18N2O4/c25-21(15-17-5-2-1-3-6-17)24-23-16-18-8-10-20(11-9-18)28-22(26)13-12-19-7-4-14-27-19/h1-14,16H,15H2,(H,24,25)/b13-12+,23-16+. The first-order valence-electron chi connectivity index (χ1n) is 8.58. The average molecular weight is 374 g/mol. The fraction of sp³-hybridized carbons (Fsp3) is 0.0455. The largest absolute Gasteiger partial charge is 0.465 e. The molecule has 3 rings (SSSR count). The molecule has 0 saturated heterocycles. The van der Waals surface area contributed by atoms with Gasteiger partial charge in [0.05, 0.1) is 18.9 Å². The van der Waals surface area contributed by atoms with E-state index in [1.54, 1.807) is 36.4 Å². The monoisotopic (exact) mass is 374 g/mol. The maximum atomic E-state index is 11.8. The summed E-state index contributed by atoms with van der Waals surface area (Å²) in [5.41, 5.74) is 4.16. The van der Waals surface area contributed by atoms with Gasteiger partial charge in [-0.2, -0.15) is 5.10 Å². The normalized spacial score (nSPS) is 11.0. The minimum absolute atomic E-state index is 0.198. The molecule has 1 N–H and O–H groups in total. The average Bonchev–Trinajstić information content (AvgIpc) is 3.22. The molecular formula is C22H18N2O4. The molecule has 0 aliphatic rings. The Labute approximate surface area is 162 Å². The first-order chi connectivity index (χ1) is 13.7. The van der Waals surface area contributed by atoms with Gasteiger partial charge in [0.15, 0.2) is 0 Å². The number of ether oxygens (including phenoxy) is 1. The number of nitrogens with zero attached hydrogens (tertiary/aromatic N) is 1. The van der Waals surface area contributed by atoms with E-state index in [4.69, 9.17) is 9.15 Å². The van der Waals surface area contributed by atoms with Crippen molar-refractivity contribution in [2.45, 2.75) is 6.42 Å². The molecule has 6 heteroatoms. The van der Waals surface area contributed by atoms with Crippen molar-refractivity contribution in [3.8, 4) is 5.75 Å². The van der Waals surface area contributed by atoms with Crippen molar-refractivity contribution in [1.82, 2.24) is 5.43 Å². The van der Waals surface area contributed by atoms with Crippen LogP contribution in [0, 0.1) is 0 Å². The van der Waals surface area contributed by atoms with Crippen LogP contribution in [0.2, 0.25) is 0 Å². The number of esters is 1. The van der Waals surface area contributed by atoms with Gasteiger partial charge >= 0.3 is 5.97 Å². The zero-order chi connectivity index (χ0) is 19.6. The van der Waals surface area contributed by atoms with Gasteiger partial charge in [-0.25, -0.2) is 10.2 Å². The second kappa shape index (κ2) is 9.68. The van der Waals surface area contributed by atoms with Crippen LogP contribution < -0.4 is 10.2 Å². The molecule has 0 unspecified atom stereocenters. The van der Waals surface area contributed by atoms with Crippen molar-refractivity contribution in [2.75, 3.05) is 0 Å². The number of hydrazone groups is 1. The van der Waals surface area contributed by atoms with Crippen LogP contribution in [0.4, 0.5) is 0 Å². The molecule has 0 atom stereocenters. The predicted molar refractivity (Wildman–Crippen MR) is 106 cm³/mol. The Balaban J connectivity index is 1.46. The third-order valence-corrected chi connectivity index (χ3v) is 3.64. The molecule has 1 aromatic heterocycles. The third kappa shape index (κ3) is 6.10. The quantitative estimate of drug-likeness (QED) is 0.225. The molecular weight excluding hydrogens is 356 g/mol. The van der Waals surface area contributed by atoms with E-state index in [1.165, 1.54) is 24.6 Å². The Hall–Kier alpha value is -3.93. The van der Waals surface area contributed by atoms with E-state index in [0.717, 1.165) is 11.1 Å². The maximum absolute atomic E-state index is 11.8. The van der Waals surface area contributed by atoms with E-state index in [9.17, 15) is 9.59 Å². The van der Waals surface area contributed by atoms with Crippen LogP contribution in [0.3, 0.4) is 0 Å². The maximum Gasteiger partial charge on any atom is 0.336 e. The zero-order valence-corrected chi connectivity index (χ0v) is 14.9. The van der Waals surface area contributed by atoms with Crippen LogP contribution in [0.1, 0.15) is 16.9 Å². The minimum Gasteiger partial charge on any atom is -0.465 e. The highest BCUT2D eigenvalue weighted by atomic mass is 16.5. The summed E-state index contributed by atoms with van der Waals surface area (Å²) in [5, 5.41) is 3.93. The highest BCUT2D eigenvalue weighted by Crippen LogP contribution is 2.12. The highest BCUT2D eigenvalue weighted by molar-refractivity contribution is 5.88. The Morgan fingerprint density at radius 1 is 1.00 bits per heavy atom. The number of amides is 1. The second-order valence-electron chi connectivity index (χ2n) is 5.79. The first kappa shape index (κ1) is 18.8. The lowest BCUT2D eigenvalue weighted by Crippen LogP contribution is -2.19. The number of benzene rings is 2. The lowest BCUT2D eigenvalue weighted by molar-refractivity contribution is -0.129. The van der Waals surface area contributed by atoms with Crippen molar-refractivity contribution in [2.24, 2.45) is 5.10 Å². The van der Waals surface area contributed by atoms with Crippen molar-refractivity contribution in [3.63, 3.8) is 0 Å². The third-order valence-electron chi connectivity index (χ3n) is 3.64. The summed E-state index contributed by atoms with van der Waals surface area (Å²) in [6, 6.07) is 19.6. The van der Waals surface area contributed by atoms with Gasteiger partial charge < -0.3 is 9.15 Å². The SMILES string of the molecule is O=C(Cc1ccccc1)N/N=C/c1ccc(OC(=O)/C=C/c2ccco2)cc1. The van der Waals surface area contributed by atoms with Crippen LogP contribution in [0.15, 0.2) is 88.6 Å². The summed E-state index contributed by atoms with van der Waals surface area (Å²) in [5.74, 6) is 0.263. The lowest BCUT2D eigenvalue weighted by Gasteiger charge is -2.02. The van der Waals surface area contributed by atoms with Crippen LogP contribution in [0.25, 0.3) is 6.08 Å². The molecule has 1 heterocycles. The van der Waals surface area contributed by atoms with Gasteiger partial charge in [0.25, 0.3) is 0 Å². The number of carbonyl (C=O) groups is 2. The van der Waals surface area contributed by atoms with Gasteiger partial charge in [0.1, 0.15) is 11.5 Å². The predicted octanol–water partition coefficient (Wildman–Crippen LogP) is 3.59. The smallest absolute Gasteiger partial charge is 0.336 e. The molecule has 0 spiro atoms. The van der Waals surface area contributed by atoms with Crippen molar-refractivity contribution in [1.29, 1.82) is 0 Å². The molecule has 0 radical (unpaired) electrons. The van der Waals surface area contributed by atoms with Crippen LogP contribution >= 0.6 is 0 Å². The fourth-order valence-corrected chi connectivity index (χ4v) is 2.31. The Bertz CT molecular complexity index is 960. The summed E-state index contributed by atoms with van der Waals surface area (Å²) in [4.78, 5) is 23.6. The summed E-state index contributed by atoms with van der Waals surface area (Å²) >= 11 is 0. The van der Waals surface area contributed by atoms with Gasteiger partial charge in [0.2, 0.25) is 5.91 Å². The van der Waals surface area contributed by atoms with Crippen molar-refractivity contribution < 1.29 is 18.7 Å². The molecule has 6 nitrogen and oxygen atoms in total. The van der Waals surface area contributed by atoms with E-state index in [0.29, 0.717) is 11.5 Å². The van der Waals surface area contributed by atoms with Crippen molar-refractivity contribution in [3.05, 3.63) is 96.0 Å². The second-order valence-corrected chi connectivity index (χ2v) is 5.79. The molecule has 0 aliphatic carbocycles. The first-order valence-corrected chi connectivity index (χ1v) is 8.58. The van der Waals surface area contributed by atoms with Gasteiger partial charge in [-0.05, 0) is 53.6 Å². The summed E-state index contributed by atoms with van der Waals surface area (Å²) in [6.45, 7) is 0. The summed E-state index contributed by atoms with van der Waals surface area (Å²) in [6.07, 6.45) is 6.12. The number of hydrogen-bond donors (Lipinski definition) is 1. The van der Waals surface area contributed by atoms with Gasteiger partial charge in [-0.15, -0.1) is 0 Å². The van der Waals surface area contributed by atoms with Crippen LogP contribution in [0.5, 0.6) is 5.75 Å². The van der Waals surface area contributed by atoms with Gasteiger partial charge in [0, 0.05) is 6.08 Å². The van der Waals surface area contributed by atoms with Gasteiger partial charge in [-0.1, -0.05) is 30.3 Å². The minimum atomic E-state index is -0.508. The van der Waals surface area contributed by atoms with E-state index in [1.807, 2.05) is 30.3 Å². The number of nitrogens with one attached hydrogen (secondary N) is 1. The topological polar surface area (TPSA) is 80.9 Å². The molecule has 0 fully saturated rings. The van der Waals surface area contributed by atoms with E-state index in [2.05, 4.69) is 10.5 Å². The molecule has 0 aliphatic heterocycles. The molecule has 28 heavy (non-hydrogen) atoms. The number of hydrogen-bond acceptors (Lipinski definition) is 5. The molecule has 1 amide bonds. The van der Waals surface area contributed by atoms with Crippen LogP contribution in [-0.4, -0.2) is 18.1 Å². The van der Waals surface area contributed by atoms with Gasteiger partial charge in [-0.3, -0.25) is 4.79 Å². The van der Waals surface area contributed by atoms with E-state index in [-0.39, 0.29) is 12.3 Å². The van der Waals surface area contributed by atoms with E-state index < -0.39 is 5.97 Å². The fourth-order valence-electron chi connectivity index (χ4n) is 2.31. The molecule has 2 aromatic carbocycles. The Morgan fingerprint density at radius 3 is 2.50 bits per heavy atom. The Morgan fingerprint density at radius 2 is 1.79 bits per heavy atom. The number of carbonyl (C=O) groups excluding carboxylic acids is 2. The Kier molecular flexibility index (Phi) is 6.52. The zero-order valence-electron chi connectivity index (χ0n) is 14.9. The molecule has 3 aromatic rings. The summed E-state index contributed by atoms with van der Waals surface area (Å²) < 4.78 is 10.3. The summed E-state index contributed by atoms with van der Waals surface area (Å²) in [7, 11) is 0.